The van der Waals surface area contributed by atoms with Crippen LogP contribution in [0.25, 0.3) is 0 Å². The largest absolute Gasteiger partial charge is 0.497 e. The maximum absolute atomic E-state index is 12.5. The molecule has 1 saturated heterocycles. The van der Waals surface area contributed by atoms with Crippen LogP contribution in [0.5, 0.6) is 5.75 Å². The monoisotopic (exact) mass is 340 g/mol. The Morgan fingerprint density at radius 3 is 2.36 bits per heavy atom. The number of unbranched alkanes of at least 4 members (excludes halogenated alkanes) is 2. The van der Waals surface area contributed by atoms with Crippen molar-refractivity contribution in [3.8, 4) is 5.75 Å². The van der Waals surface area contributed by atoms with E-state index in [1.807, 2.05) is 54.6 Å². The van der Waals surface area contributed by atoms with E-state index in [0.29, 0.717) is 6.61 Å². The first-order valence-corrected chi connectivity index (χ1v) is 8.77. The molecule has 0 saturated carbocycles. The molecule has 1 aliphatic heterocycles. The highest BCUT2D eigenvalue weighted by molar-refractivity contribution is 5.81. The van der Waals surface area contributed by atoms with Crippen LogP contribution in [-0.4, -0.2) is 25.8 Å². The van der Waals surface area contributed by atoms with Crippen LogP contribution in [0, 0.1) is 0 Å². The summed E-state index contributed by atoms with van der Waals surface area (Å²) in [6.45, 7) is 2.57. The van der Waals surface area contributed by atoms with E-state index in [9.17, 15) is 4.79 Å². The number of methoxy groups -OCH3 is 1. The number of carbonyl (C=O) groups excluding carboxylic acids is 1. The lowest BCUT2D eigenvalue weighted by molar-refractivity contribution is -0.145. The minimum absolute atomic E-state index is 0.296. The van der Waals surface area contributed by atoms with Crippen molar-refractivity contribution in [1.29, 1.82) is 0 Å². The number of rotatable bonds is 8. The van der Waals surface area contributed by atoms with Gasteiger partial charge in [-0.15, -0.1) is 0 Å². The molecule has 0 bridgehead atoms. The molecule has 2 unspecified atom stereocenters. The number of ether oxygens (including phenoxy) is 3. The standard InChI is InChI=1S/C21H24O4/c1-3-4-8-15-24-20(22)19-21(25-19,16-9-6-5-7-10-16)17-11-13-18(23-2)14-12-17/h5-7,9-14,19H,3-4,8,15H2,1-2H3. The lowest BCUT2D eigenvalue weighted by Crippen LogP contribution is -2.23. The molecule has 132 valence electrons. The summed E-state index contributed by atoms with van der Waals surface area (Å²) in [5.41, 5.74) is 1.11. The fourth-order valence-corrected chi connectivity index (χ4v) is 3.10. The zero-order chi connectivity index (χ0) is 17.7. The Morgan fingerprint density at radius 2 is 1.72 bits per heavy atom. The predicted octanol–water partition coefficient (Wildman–Crippen LogP) is 4.07. The highest BCUT2D eigenvalue weighted by Gasteiger charge is 2.64. The second-order valence-corrected chi connectivity index (χ2v) is 6.20. The number of benzene rings is 2. The molecule has 2 atom stereocenters. The molecular weight excluding hydrogens is 316 g/mol. The van der Waals surface area contributed by atoms with Crippen molar-refractivity contribution in [2.75, 3.05) is 13.7 Å². The maximum atomic E-state index is 12.5. The van der Waals surface area contributed by atoms with Gasteiger partial charge in [-0.05, 0) is 29.7 Å². The van der Waals surface area contributed by atoms with Gasteiger partial charge in [0.15, 0.2) is 11.7 Å². The number of carbonyl (C=O) groups is 1. The molecule has 1 aliphatic rings. The van der Waals surface area contributed by atoms with Gasteiger partial charge in [-0.3, -0.25) is 0 Å². The van der Waals surface area contributed by atoms with E-state index in [0.717, 1.165) is 36.1 Å². The van der Waals surface area contributed by atoms with Crippen molar-refractivity contribution in [2.24, 2.45) is 0 Å². The Balaban J connectivity index is 1.82. The lowest BCUT2D eigenvalue weighted by atomic mass is 9.88. The van der Waals surface area contributed by atoms with Crippen LogP contribution >= 0.6 is 0 Å². The average molecular weight is 340 g/mol. The third-order valence-electron chi connectivity index (χ3n) is 4.54. The van der Waals surface area contributed by atoms with Crippen LogP contribution in [0.3, 0.4) is 0 Å². The van der Waals surface area contributed by atoms with Gasteiger partial charge in [0.1, 0.15) is 5.75 Å². The van der Waals surface area contributed by atoms with Crippen LogP contribution < -0.4 is 4.74 Å². The SMILES string of the molecule is CCCCCOC(=O)C1OC1(c1ccccc1)c1ccc(OC)cc1. The summed E-state index contributed by atoms with van der Waals surface area (Å²) in [5.74, 6) is 0.474. The molecule has 0 N–H and O–H groups in total. The highest BCUT2D eigenvalue weighted by Crippen LogP contribution is 2.52. The third kappa shape index (κ3) is 3.54. The van der Waals surface area contributed by atoms with E-state index < -0.39 is 11.7 Å². The number of esters is 1. The van der Waals surface area contributed by atoms with Gasteiger partial charge >= 0.3 is 5.97 Å². The molecule has 0 amide bonds. The van der Waals surface area contributed by atoms with E-state index in [1.165, 1.54) is 0 Å². The molecule has 0 aromatic heterocycles. The van der Waals surface area contributed by atoms with Crippen molar-refractivity contribution >= 4 is 5.97 Å². The number of hydrogen-bond acceptors (Lipinski definition) is 4. The first-order valence-electron chi connectivity index (χ1n) is 8.77. The van der Waals surface area contributed by atoms with Crippen molar-refractivity contribution in [1.82, 2.24) is 0 Å². The normalized spacial score (nSPS) is 21.6. The summed E-state index contributed by atoms with van der Waals surface area (Å²) < 4.78 is 16.6. The first kappa shape index (κ1) is 17.5. The highest BCUT2D eigenvalue weighted by atomic mass is 16.7. The van der Waals surface area contributed by atoms with E-state index in [1.54, 1.807) is 7.11 Å². The summed E-state index contributed by atoms with van der Waals surface area (Å²) in [6.07, 6.45) is 2.43. The third-order valence-corrected chi connectivity index (χ3v) is 4.54. The van der Waals surface area contributed by atoms with Gasteiger partial charge in [0.25, 0.3) is 0 Å². The Kier molecular flexibility index (Phi) is 5.39. The van der Waals surface area contributed by atoms with Gasteiger partial charge in [-0.1, -0.05) is 62.2 Å². The smallest absolute Gasteiger partial charge is 0.339 e. The zero-order valence-electron chi connectivity index (χ0n) is 14.7. The quantitative estimate of drug-likeness (QED) is 0.413. The molecule has 2 aromatic rings. The second-order valence-electron chi connectivity index (χ2n) is 6.20. The Labute approximate surface area is 148 Å². The van der Waals surface area contributed by atoms with E-state index in [4.69, 9.17) is 14.2 Å². The molecule has 25 heavy (non-hydrogen) atoms. The molecule has 1 fully saturated rings. The maximum Gasteiger partial charge on any atom is 0.339 e. The number of epoxide rings is 1. The molecule has 0 spiro atoms. The van der Waals surface area contributed by atoms with E-state index in [2.05, 4.69) is 6.92 Å². The molecule has 4 nitrogen and oxygen atoms in total. The first-order chi connectivity index (χ1) is 12.2. The van der Waals surface area contributed by atoms with Crippen molar-refractivity contribution in [3.63, 3.8) is 0 Å². The van der Waals surface area contributed by atoms with Gasteiger partial charge in [-0.25, -0.2) is 4.79 Å². The van der Waals surface area contributed by atoms with Gasteiger partial charge in [0.2, 0.25) is 0 Å². The average Bonchev–Trinajstić information content (AvgIpc) is 3.43. The predicted molar refractivity (Wildman–Crippen MR) is 95.6 cm³/mol. The van der Waals surface area contributed by atoms with Crippen molar-refractivity contribution in [3.05, 3.63) is 65.7 Å². The Morgan fingerprint density at radius 1 is 1.04 bits per heavy atom. The van der Waals surface area contributed by atoms with Crippen LogP contribution in [0.15, 0.2) is 54.6 Å². The van der Waals surface area contributed by atoms with E-state index >= 15 is 0 Å². The molecule has 0 radical (unpaired) electrons. The molecule has 2 aromatic carbocycles. The molecule has 1 heterocycles. The molecule has 3 rings (SSSR count). The topological polar surface area (TPSA) is 48.1 Å². The minimum Gasteiger partial charge on any atom is -0.497 e. The number of hydrogen-bond donors (Lipinski definition) is 0. The van der Waals surface area contributed by atoms with Crippen molar-refractivity contribution < 1.29 is 19.0 Å². The summed E-state index contributed by atoms with van der Waals surface area (Å²) in [6, 6.07) is 17.5. The summed E-state index contributed by atoms with van der Waals surface area (Å²) in [4.78, 5) is 12.5. The summed E-state index contributed by atoms with van der Waals surface area (Å²) >= 11 is 0. The lowest BCUT2D eigenvalue weighted by Gasteiger charge is -2.14. The van der Waals surface area contributed by atoms with Crippen molar-refractivity contribution in [2.45, 2.75) is 37.9 Å². The van der Waals surface area contributed by atoms with Gasteiger partial charge in [0.05, 0.1) is 13.7 Å². The van der Waals surface area contributed by atoms with Gasteiger partial charge in [-0.2, -0.15) is 0 Å². The molecular formula is C21H24O4. The zero-order valence-corrected chi connectivity index (χ0v) is 14.7. The van der Waals surface area contributed by atoms with E-state index in [-0.39, 0.29) is 5.97 Å². The molecule has 0 aliphatic carbocycles. The second kappa shape index (κ2) is 7.70. The van der Waals surface area contributed by atoms with Gasteiger partial charge < -0.3 is 14.2 Å². The Hall–Kier alpha value is -2.33. The van der Waals surface area contributed by atoms with Crippen LogP contribution in [0.4, 0.5) is 0 Å². The Bertz CT molecular complexity index is 696. The summed E-state index contributed by atoms with van der Waals surface area (Å²) in [5, 5.41) is 0. The summed E-state index contributed by atoms with van der Waals surface area (Å²) in [7, 11) is 1.63. The van der Waals surface area contributed by atoms with Crippen LogP contribution in [0.1, 0.15) is 37.3 Å². The fraction of sp³-hybridized carbons (Fsp3) is 0.381. The molecule has 4 heteroatoms. The fourth-order valence-electron chi connectivity index (χ4n) is 3.10. The van der Waals surface area contributed by atoms with Gasteiger partial charge in [0, 0.05) is 0 Å². The van der Waals surface area contributed by atoms with Crippen LogP contribution in [-0.2, 0) is 19.9 Å². The minimum atomic E-state index is -0.768. The van der Waals surface area contributed by atoms with Crippen LogP contribution in [0.2, 0.25) is 0 Å².